The van der Waals surface area contributed by atoms with Crippen molar-refractivity contribution in [3.8, 4) is 0 Å². The quantitative estimate of drug-likeness (QED) is 0.325. The van der Waals surface area contributed by atoms with Crippen LogP contribution in [-0.4, -0.2) is 16.8 Å². The van der Waals surface area contributed by atoms with E-state index >= 15 is 0 Å². The van der Waals surface area contributed by atoms with Crippen molar-refractivity contribution in [2.75, 3.05) is 6.61 Å². The monoisotopic (exact) mass is 182 g/mol. The molecule has 0 aliphatic rings. The van der Waals surface area contributed by atoms with Crippen molar-refractivity contribution in [2.24, 2.45) is 0 Å². The standard InChI is InChI=1S/C2H5O2.Mo.Na/c3-1-2-4;;/h1,3-4H,2H2;;/q-1;;+1. The van der Waals surface area contributed by atoms with Crippen molar-refractivity contribution in [3.05, 3.63) is 6.61 Å². The molecule has 0 aliphatic heterocycles. The molecule has 0 radical (unpaired) electrons. The minimum Gasteiger partial charge on any atom is -0.564 e. The van der Waals surface area contributed by atoms with Gasteiger partial charge in [0.2, 0.25) is 0 Å². The van der Waals surface area contributed by atoms with E-state index in [9.17, 15) is 0 Å². The van der Waals surface area contributed by atoms with Crippen LogP contribution in [0.2, 0.25) is 0 Å². The van der Waals surface area contributed by atoms with Gasteiger partial charge in [0.05, 0.1) is 0 Å². The molecular formula is C2H5MoNaO2. The van der Waals surface area contributed by atoms with Crippen molar-refractivity contribution in [2.45, 2.75) is 0 Å². The second kappa shape index (κ2) is 16.0. The van der Waals surface area contributed by atoms with Gasteiger partial charge in [-0.3, -0.25) is 0 Å². The SMILES string of the molecule is O[CH-]CO.[Mo].[Na+]. The number of aliphatic hydroxyl groups is 2. The van der Waals surface area contributed by atoms with Crippen molar-refractivity contribution in [1.29, 1.82) is 0 Å². The summed E-state index contributed by atoms with van der Waals surface area (Å²) in [4.78, 5) is 0. The van der Waals surface area contributed by atoms with Crippen LogP contribution in [-0.2, 0) is 21.1 Å². The van der Waals surface area contributed by atoms with Crippen LogP contribution in [0, 0.1) is 6.61 Å². The van der Waals surface area contributed by atoms with Gasteiger partial charge in [0.1, 0.15) is 0 Å². The van der Waals surface area contributed by atoms with E-state index in [1.165, 1.54) is 0 Å². The Bertz CT molecular complexity index is 13.5. The first-order chi connectivity index (χ1) is 1.91. The van der Waals surface area contributed by atoms with Crippen LogP contribution in [0.15, 0.2) is 0 Å². The summed E-state index contributed by atoms with van der Waals surface area (Å²) in [6, 6.07) is 0. The summed E-state index contributed by atoms with van der Waals surface area (Å²) in [5, 5.41) is 15.1. The molecule has 0 aromatic heterocycles. The van der Waals surface area contributed by atoms with Crippen LogP contribution in [0.1, 0.15) is 0 Å². The smallest absolute Gasteiger partial charge is 0.564 e. The van der Waals surface area contributed by atoms with E-state index in [0.29, 0.717) is 6.61 Å². The van der Waals surface area contributed by atoms with Crippen LogP contribution < -0.4 is 29.6 Å². The third kappa shape index (κ3) is 17.5. The van der Waals surface area contributed by atoms with Gasteiger partial charge in [-0.2, -0.15) is 6.61 Å². The van der Waals surface area contributed by atoms with Gasteiger partial charge in [0.15, 0.2) is 0 Å². The van der Waals surface area contributed by atoms with E-state index < -0.39 is 0 Å². The third-order valence-corrected chi connectivity index (χ3v) is 0.0816. The van der Waals surface area contributed by atoms with E-state index in [-0.39, 0.29) is 57.2 Å². The number of rotatable bonds is 1. The Balaban J connectivity index is -0.0000000450. The molecule has 0 rings (SSSR count). The topological polar surface area (TPSA) is 40.5 Å². The second-order valence-electron chi connectivity index (χ2n) is 0.365. The fourth-order valence-electron chi connectivity index (χ4n) is 0. The molecule has 0 atom stereocenters. The predicted molar refractivity (Wildman–Crippen MR) is 13.3 cm³/mol. The van der Waals surface area contributed by atoms with Gasteiger partial charge >= 0.3 is 29.6 Å². The Hall–Kier alpha value is 1.61. The molecule has 0 saturated heterocycles. The van der Waals surface area contributed by atoms with E-state index in [0.717, 1.165) is 0 Å². The first-order valence-electron chi connectivity index (χ1n) is 0.983. The van der Waals surface area contributed by atoms with Crippen LogP contribution >= 0.6 is 0 Å². The average Bonchev–Trinajstić information content (AvgIpc) is 1.37. The molecule has 4 heteroatoms. The largest absolute Gasteiger partial charge is 1.00 e. The summed E-state index contributed by atoms with van der Waals surface area (Å²) in [6.45, 7) is 0.431. The molecule has 0 aliphatic carbocycles. The van der Waals surface area contributed by atoms with Gasteiger partial charge in [-0.15, -0.1) is 0 Å². The Morgan fingerprint density at radius 3 is 1.67 bits per heavy atom. The molecule has 0 heterocycles. The maximum Gasteiger partial charge on any atom is 1.00 e. The fraction of sp³-hybridized carbons (Fsp3) is 0.500. The maximum atomic E-state index is 7.57. The zero-order valence-corrected chi connectivity index (χ0v) is 7.59. The summed E-state index contributed by atoms with van der Waals surface area (Å²) in [5.41, 5.74) is 0. The minimum atomic E-state index is -0.250. The Kier molecular flexibility index (Phi) is 41.6. The molecule has 0 amide bonds. The molecule has 32 valence electrons. The Morgan fingerprint density at radius 2 is 1.67 bits per heavy atom. The number of aliphatic hydroxyl groups excluding tert-OH is 2. The van der Waals surface area contributed by atoms with Crippen molar-refractivity contribution < 1.29 is 60.8 Å². The summed E-state index contributed by atoms with van der Waals surface area (Å²) in [6.07, 6.45) is 0. The Morgan fingerprint density at radius 1 is 1.50 bits per heavy atom. The molecule has 0 saturated carbocycles. The summed E-state index contributed by atoms with van der Waals surface area (Å²) in [7, 11) is 0. The summed E-state index contributed by atoms with van der Waals surface area (Å²) >= 11 is 0. The fourth-order valence-corrected chi connectivity index (χ4v) is 0. The van der Waals surface area contributed by atoms with Gasteiger partial charge in [-0.25, -0.2) is 0 Å². The molecule has 0 unspecified atom stereocenters. The molecule has 2 N–H and O–H groups in total. The summed E-state index contributed by atoms with van der Waals surface area (Å²) in [5.74, 6) is 0. The van der Waals surface area contributed by atoms with Gasteiger partial charge in [-0.1, -0.05) is 6.61 Å². The summed E-state index contributed by atoms with van der Waals surface area (Å²) < 4.78 is 0. The van der Waals surface area contributed by atoms with Crippen molar-refractivity contribution >= 4 is 0 Å². The van der Waals surface area contributed by atoms with Crippen LogP contribution in [0.4, 0.5) is 0 Å². The van der Waals surface area contributed by atoms with Gasteiger partial charge < -0.3 is 10.2 Å². The molecule has 0 spiro atoms. The molecule has 6 heavy (non-hydrogen) atoms. The Labute approximate surface area is 73.5 Å². The molecular weight excluding hydrogens is 175 g/mol. The van der Waals surface area contributed by atoms with E-state index in [1.54, 1.807) is 0 Å². The molecule has 0 aromatic rings. The number of hydrogen-bond acceptors (Lipinski definition) is 2. The minimum absolute atomic E-state index is 0. The van der Waals surface area contributed by atoms with E-state index in [1.807, 2.05) is 0 Å². The normalized spacial score (nSPS) is 5.00. The van der Waals surface area contributed by atoms with Crippen molar-refractivity contribution in [3.63, 3.8) is 0 Å². The van der Waals surface area contributed by atoms with Gasteiger partial charge in [-0.05, 0) is 0 Å². The van der Waals surface area contributed by atoms with Crippen molar-refractivity contribution in [1.82, 2.24) is 0 Å². The number of hydrogen-bond donors (Lipinski definition) is 2. The first-order valence-corrected chi connectivity index (χ1v) is 0.983. The van der Waals surface area contributed by atoms with Gasteiger partial charge in [0, 0.05) is 21.1 Å². The van der Waals surface area contributed by atoms with E-state index in [4.69, 9.17) is 10.2 Å². The van der Waals surface area contributed by atoms with Crippen LogP contribution in [0.5, 0.6) is 0 Å². The molecule has 0 aromatic carbocycles. The first kappa shape index (κ1) is 15.6. The third-order valence-electron chi connectivity index (χ3n) is 0.0816. The molecule has 0 fully saturated rings. The second-order valence-corrected chi connectivity index (χ2v) is 0.365. The average molecular weight is 180 g/mol. The van der Waals surface area contributed by atoms with Crippen LogP contribution in [0.3, 0.4) is 0 Å². The maximum absolute atomic E-state index is 7.57. The predicted octanol–water partition coefficient (Wildman–Crippen LogP) is -3.49. The zero-order chi connectivity index (χ0) is 3.41. The van der Waals surface area contributed by atoms with E-state index in [2.05, 4.69) is 0 Å². The molecule has 2 nitrogen and oxygen atoms in total. The molecule has 0 bridgehead atoms. The van der Waals surface area contributed by atoms with Crippen LogP contribution in [0.25, 0.3) is 0 Å². The zero-order valence-electron chi connectivity index (χ0n) is 3.59. The van der Waals surface area contributed by atoms with Gasteiger partial charge in [0.25, 0.3) is 0 Å².